The molecule has 0 saturated carbocycles. The average molecular weight is 264 g/mol. The molecule has 0 saturated heterocycles. The lowest BCUT2D eigenvalue weighted by Crippen LogP contribution is -2.46. The minimum absolute atomic E-state index is 0.0706. The van der Waals surface area contributed by atoms with E-state index >= 15 is 0 Å². The molecular formula is C14H20N2O3. The average Bonchev–Trinajstić information content (AvgIpc) is 2.34. The number of nitrogens with zero attached hydrogens (tertiary/aromatic N) is 2. The van der Waals surface area contributed by atoms with E-state index in [4.69, 9.17) is 5.11 Å². The smallest absolute Gasteiger partial charge is 0.305 e. The molecule has 0 radical (unpaired) electrons. The molecule has 5 heteroatoms. The Labute approximate surface area is 113 Å². The zero-order valence-electron chi connectivity index (χ0n) is 11.6. The number of pyridine rings is 1. The third-order valence-electron chi connectivity index (χ3n) is 3.19. The molecule has 5 nitrogen and oxygen atoms in total. The normalized spacial score (nSPS) is 11.1. The van der Waals surface area contributed by atoms with Gasteiger partial charge in [-0.1, -0.05) is 6.07 Å². The van der Waals surface area contributed by atoms with E-state index in [1.165, 1.54) is 4.90 Å². The fraction of sp³-hybridized carbons (Fsp3) is 0.500. The van der Waals surface area contributed by atoms with Crippen LogP contribution in [0.15, 0.2) is 24.4 Å². The Bertz CT molecular complexity index is 443. The van der Waals surface area contributed by atoms with Gasteiger partial charge >= 0.3 is 5.97 Å². The Morgan fingerprint density at radius 2 is 2.05 bits per heavy atom. The molecule has 1 heterocycles. The molecule has 0 aromatic carbocycles. The minimum Gasteiger partial charge on any atom is -0.481 e. The Hall–Kier alpha value is -1.91. The number of hydrogen-bond acceptors (Lipinski definition) is 3. The molecule has 0 aliphatic heterocycles. The third-order valence-corrected chi connectivity index (χ3v) is 3.19. The molecular weight excluding hydrogens is 244 g/mol. The summed E-state index contributed by atoms with van der Waals surface area (Å²) >= 11 is 0. The summed E-state index contributed by atoms with van der Waals surface area (Å²) in [5.74, 6) is -0.980. The van der Waals surface area contributed by atoms with E-state index in [0.717, 1.165) is 5.69 Å². The van der Waals surface area contributed by atoms with Crippen LogP contribution in [-0.2, 0) is 16.0 Å². The van der Waals surface area contributed by atoms with Gasteiger partial charge < -0.3 is 10.0 Å². The van der Waals surface area contributed by atoms with Crippen molar-refractivity contribution in [2.45, 2.75) is 38.6 Å². The number of aliphatic carboxylic acids is 1. The zero-order chi connectivity index (χ0) is 14.5. The molecule has 1 rings (SSSR count). The number of aryl methyl sites for hydroxylation is 1. The van der Waals surface area contributed by atoms with Crippen LogP contribution in [0.25, 0.3) is 0 Å². The fourth-order valence-corrected chi connectivity index (χ4v) is 1.77. The van der Waals surface area contributed by atoms with E-state index in [1.54, 1.807) is 27.1 Å². The number of carbonyl (C=O) groups is 2. The third kappa shape index (κ3) is 4.69. The topological polar surface area (TPSA) is 70.5 Å². The van der Waals surface area contributed by atoms with Crippen molar-refractivity contribution in [2.75, 3.05) is 7.05 Å². The molecule has 1 aromatic rings. The molecule has 1 N–H and O–H groups in total. The number of aromatic nitrogens is 1. The lowest BCUT2D eigenvalue weighted by atomic mass is 9.98. The van der Waals surface area contributed by atoms with Crippen molar-refractivity contribution in [3.63, 3.8) is 0 Å². The Morgan fingerprint density at radius 1 is 1.37 bits per heavy atom. The molecule has 0 aliphatic carbocycles. The first-order chi connectivity index (χ1) is 8.83. The van der Waals surface area contributed by atoms with E-state index in [0.29, 0.717) is 12.8 Å². The maximum atomic E-state index is 12.0. The Balaban J connectivity index is 2.55. The van der Waals surface area contributed by atoms with Crippen LogP contribution in [0.3, 0.4) is 0 Å². The van der Waals surface area contributed by atoms with E-state index in [9.17, 15) is 9.59 Å². The summed E-state index contributed by atoms with van der Waals surface area (Å²) < 4.78 is 0. The summed E-state index contributed by atoms with van der Waals surface area (Å²) in [7, 11) is 1.64. The summed E-state index contributed by atoms with van der Waals surface area (Å²) in [6.45, 7) is 3.50. The highest BCUT2D eigenvalue weighted by Gasteiger charge is 2.29. The summed E-state index contributed by atoms with van der Waals surface area (Å²) in [6.07, 6.45) is 2.51. The molecule has 0 aliphatic rings. The van der Waals surface area contributed by atoms with E-state index < -0.39 is 11.5 Å². The SMILES string of the molecule is CN(C(=O)CCc1ccccn1)C(C)(C)CC(=O)O. The molecule has 1 aromatic heterocycles. The summed E-state index contributed by atoms with van der Waals surface area (Å²) in [4.78, 5) is 28.5. The number of carbonyl (C=O) groups excluding carboxylic acids is 1. The molecule has 0 fully saturated rings. The highest BCUT2D eigenvalue weighted by Crippen LogP contribution is 2.18. The van der Waals surface area contributed by atoms with Crippen LogP contribution in [0.1, 0.15) is 32.4 Å². The first-order valence-electron chi connectivity index (χ1n) is 6.21. The molecule has 104 valence electrons. The highest BCUT2D eigenvalue weighted by atomic mass is 16.4. The van der Waals surface area contributed by atoms with Gasteiger partial charge in [-0.15, -0.1) is 0 Å². The second-order valence-electron chi connectivity index (χ2n) is 5.16. The Kier molecular flexibility index (Phi) is 5.03. The van der Waals surface area contributed by atoms with Gasteiger partial charge in [0.1, 0.15) is 0 Å². The van der Waals surface area contributed by atoms with Crippen molar-refractivity contribution in [2.24, 2.45) is 0 Å². The van der Waals surface area contributed by atoms with Crippen LogP contribution in [0.5, 0.6) is 0 Å². The van der Waals surface area contributed by atoms with E-state index in [-0.39, 0.29) is 12.3 Å². The maximum absolute atomic E-state index is 12.0. The summed E-state index contributed by atoms with van der Waals surface area (Å²) in [5.41, 5.74) is 0.174. The minimum atomic E-state index is -0.908. The number of amides is 1. The number of hydrogen-bond donors (Lipinski definition) is 1. The predicted molar refractivity (Wildman–Crippen MR) is 71.7 cm³/mol. The number of carboxylic acids is 1. The first-order valence-corrected chi connectivity index (χ1v) is 6.21. The zero-order valence-corrected chi connectivity index (χ0v) is 11.6. The summed E-state index contributed by atoms with van der Waals surface area (Å²) in [5, 5.41) is 8.84. The van der Waals surface area contributed by atoms with Crippen LogP contribution in [0.4, 0.5) is 0 Å². The van der Waals surface area contributed by atoms with Gasteiger partial charge in [-0.25, -0.2) is 0 Å². The molecule has 0 atom stereocenters. The van der Waals surface area contributed by atoms with Gasteiger partial charge in [-0.3, -0.25) is 14.6 Å². The van der Waals surface area contributed by atoms with Crippen molar-refractivity contribution < 1.29 is 14.7 Å². The number of carboxylic acid groups (broad SMARTS) is 1. The van der Waals surface area contributed by atoms with Crippen LogP contribution < -0.4 is 0 Å². The lowest BCUT2D eigenvalue weighted by molar-refractivity contribution is -0.143. The maximum Gasteiger partial charge on any atom is 0.305 e. The second-order valence-corrected chi connectivity index (χ2v) is 5.16. The van der Waals surface area contributed by atoms with Gasteiger partial charge in [-0.05, 0) is 32.4 Å². The van der Waals surface area contributed by atoms with Crippen LogP contribution in [0.2, 0.25) is 0 Å². The van der Waals surface area contributed by atoms with Crippen LogP contribution >= 0.6 is 0 Å². The van der Waals surface area contributed by atoms with Crippen LogP contribution in [-0.4, -0.2) is 39.5 Å². The van der Waals surface area contributed by atoms with Crippen molar-refractivity contribution in [3.8, 4) is 0 Å². The molecule has 1 amide bonds. The first kappa shape index (κ1) is 15.1. The highest BCUT2D eigenvalue weighted by molar-refractivity contribution is 5.78. The molecule has 0 spiro atoms. The van der Waals surface area contributed by atoms with Gasteiger partial charge in [0.05, 0.1) is 6.42 Å². The molecule has 0 bridgehead atoms. The van der Waals surface area contributed by atoms with Crippen molar-refractivity contribution >= 4 is 11.9 Å². The van der Waals surface area contributed by atoms with Crippen molar-refractivity contribution in [1.82, 2.24) is 9.88 Å². The van der Waals surface area contributed by atoms with Crippen molar-refractivity contribution in [1.29, 1.82) is 0 Å². The second kappa shape index (κ2) is 6.31. The monoisotopic (exact) mass is 264 g/mol. The quantitative estimate of drug-likeness (QED) is 0.849. The molecule has 0 unspecified atom stereocenters. The van der Waals surface area contributed by atoms with Gasteiger partial charge in [0, 0.05) is 30.9 Å². The van der Waals surface area contributed by atoms with Crippen LogP contribution in [0, 0.1) is 0 Å². The fourth-order valence-electron chi connectivity index (χ4n) is 1.77. The van der Waals surface area contributed by atoms with E-state index in [2.05, 4.69) is 4.98 Å². The van der Waals surface area contributed by atoms with Gasteiger partial charge in [0.2, 0.25) is 5.91 Å². The standard InChI is InChI=1S/C14H20N2O3/c1-14(2,10-13(18)19)16(3)12(17)8-7-11-6-4-5-9-15-11/h4-6,9H,7-8,10H2,1-3H3,(H,18,19). The molecule has 19 heavy (non-hydrogen) atoms. The number of rotatable bonds is 6. The Morgan fingerprint density at radius 3 is 2.58 bits per heavy atom. The van der Waals surface area contributed by atoms with Gasteiger partial charge in [0.15, 0.2) is 0 Å². The van der Waals surface area contributed by atoms with Gasteiger partial charge in [0.25, 0.3) is 0 Å². The summed E-state index contributed by atoms with van der Waals surface area (Å²) in [6, 6.07) is 5.58. The van der Waals surface area contributed by atoms with Gasteiger partial charge in [-0.2, -0.15) is 0 Å². The lowest BCUT2D eigenvalue weighted by Gasteiger charge is -2.34. The largest absolute Gasteiger partial charge is 0.481 e. The predicted octanol–water partition coefficient (Wildman–Crippen LogP) is 1.73. The van der Waals surface area contributed by atoms with E-state index in [1.807, 2.05) is 18.2 Å². The van der Waals surface area contributed by atoms with Crippen molar-refractivity contribution in [3.05, 3.63) is 30.1 Å².